The van der Waals surface area contributed by atoms with Crippen LogP contribution in [0.2, 0.25) is 0 Å². The van der Waals surface area contributed by atoms with Crippen LogP contribution >= 0.6 is 0 Å². The van der Waals surface area contributed by atoms with Gasteiger partial charge in [0.15, 0.2) is 23.5 Å². The van der Waals surface area contributed by atoms with Gasteiger partial charge in [0.2, 0.25) is 6.29 Å². The van der Waals surface area contributed by atoms with Gasteiger partial charge in [0.25, 0.3) is 0 Å². The van der Waals surface area contributed by atoms with Gasteiger partial charge in [0, 0.05) is 30.7 Å². The highest BCUT2D eigenvalue weighted by molar-refractivity contribution is 6.01. The molecule has 0 fully saturated rings. The highest BCUT2D eigenvalue weighted by Crippen LogP contribution is 2.53. The van der Waals surface area contributed by atoms with Crippen molar-refractivity contribution < 1.29 is 68.4 Å². The summed E-state index contributed by atoms with van der Waals surface area (Å²) in [5.74, 6) is -7.54. The Bertz CT molecular complexity index is 1700. The number of aldehydes is 1. The van der Waals surface area contributed by atoms with Crippen LogP contribution < -0.4 is 4.74 Å². The number of phenols is 5. The maximum absolute atomic E-state index is 12.9. The number of carbonyl (C=O) groups excluding carboxylic acids is 4. The van der Waals surface area contributed by atoms with Crippen LogP contribution in [-0.2, 0) is 25.4 Å². The first-order chi connectivity index (χ1) is 20.3. The number of methoxy groups -OCH3 is 3. The predicted molar refractivity (Wildman–Crippen MR) is 143 cm³/mol. The predicted octanol–water partition coefficient (Wildman–Crippen LogP) is 3.42. The van der Waals surface area contributed by atoms with Crippen molar-refractivity contribution >= 4 is 24.2 Å². The van der Waals surface area contributed by atoms with Crippen molar-refractivity contribution in [3.05, 3.63) is 62.2 Å². The van der Waals surface area contributed by atoms with Crippen LogP contribution in [0.15, 0.2) is 12.1 Å². The van der Waals surface area contributed by atoms with Gasteiger partial charge in [0.1, 0.15) is 39.7 Å². The standard InChI is InChI=1S/C29H26O14/c1-10-6-15(31)14(9-30)24(18(10)26(36)39-3)42-25-21-20(28(38)43-29(21)41-5)22(34)13(23(25)35)7-12-11(2)19(27(37)40-4)17(33)8-16(12)32/h6,8-9,29,31-35H,7H2,1-5H3. The Morgan fingerprint density at radius 1 is 0.860 bits per heavy atom. The van der Waals surface area contributed by atoms with E-state index < -0.39 is 87.6 Å². The molecule has 1 atom stereocenters. The molecule has 1 aliphatic rings. The van der Waals surface area contributed by atoms with Crippen molar-refractivity contribution in [2.75, 3.05) is 21.3 Å². The molecule has 14 heteroatoms. The molecule has 4 rings (SSSR count). The second-order valence-electron chi connectivity index (χ2n) is 9.37. The Hall–Kier alpha value is -5.50. The molecule has 43 heavy (non-hydrogen) atoms. The van der Waals surface area contributed by atoms with Crippen molar-refractivity contribution in [3.8, 4) is 40.2 Å². The van der Waals surface area contributed by atoms with Gasteiger partial charge in [-0.3, -0.25) is 4.79 Å². The maximum atomic E-state index is 12.9. The monoisotopic (exact) mass is 598 g/mol. The number of hydrogen-bond donors (Lipinski definition) is 5. The number of carbonyl (C=O) groups is 4. The van der Waals surface area contributed by atoms with Gasteiger partial charge in [-0.1, -0.05) is 0 Å². The smallest absolute Gasteiger partial charge is 0.345 e. The van der Waals surface area contributed by atoms with Crippen LogP contribution in [0.5, 0.6) is 40.2 Å². The van der Waals surface area contributed by atoms with E-state index in [1.54, 1.807) is 0 Å². The van der Waals surface area contributed by atoms with E-state index in [1.807, 2.05) is 0 Å². The first-order valence-electron chi connectivity index (χ1n) is 12.4. The van der Waals surface area contributed by atoms with Gasteiger partial charge < -0.3 is 49.2 Å². The second-order valence-corrected chi connectivity index (χ2v) is 9.37. The molecule has 0 saturated heterocycles. The summed E-state index contributed by atoms with van der Waals surface area (Å²) in [6.07, 6.45) is -1.90. The summed E-state index contributed by atoms with van der Waals surface area (Å²) in [5.41, 5.74) is -2.31. The topological polar surface area (TPSA) is 216 Å². The number of cyclic esters (lactones) is 1. The lowest BCUT2D eigenvalue weighted by Crippen LogP contribution is -2.11. The van der Waals surface area contributed by atoms with Gasteiger partial charge >= 0.3 is 17.9 Å². The third kappa shape index (κ3) is 4.86. The summed E-state index contributed by atoms with van der Waals surface area (Å²) in [4.78, 5) is 49.9. The number of hydrogen-bond acceptors (Lipinski definition) is 14. The molecule has 0 spiro atoms. The van der Waals surface area contributed by atoms with Crippen LogP contribution in [0.25, 0.3) is 0 Å². The first-order valence-corrected chi connectivity index (χ1v) is 12.4. The van der Waals surface area contributed by atoms with E-state index in [2.05, 4.69) is 0 Å². The number of benzene rings is 3. The number of rotatable bonds is 8. The molecular formula is C29H26O14. The third-order valence-corrected chi connectivity index (χ3v) is 7.02. The van der Waals surface area contributed by atoms with Crippen LogP contribution in [0.3, 0.4) is 0 Å². The summed E-state index contributed by atoms with van der Waals surface area (Å²) in [6, 6.07) is 1.98. The number of fused-ring (bicyclic) bond motifs is 1. The molecule has 1 aliphatic heterocycles. The van der Waals surface area contributed by atoms with E-state index in [0.29, 0.717) is 0 Å². The Morgan fingerprint density at radius 3 is 2.07 bits per heavy atom. The fraction of sp³-hybridized carbons (Fsp3) is 0.241. The normalized spacial score (nSPS) is 13.7. The molecule has 0 aromatic heterocycles. The Balaban J connectivity index is 2.05. The largest absolute Gasteiger partial charge is 0.508 e. The molecule has 3 aromatic carbocycles. The molecule has 0 saturated carbocycles. The summed E-state index contributed by atoms with van der Waals surface area (Å²) < 4.78 is 25.8. The lowest BCUT2D eigenvalue weighted by molar-refractivity contribution is -0.0823. The number of aromatic hydroxyl groups is 5. The van der Waals surface area contributed by atoms with Gasteiger partial charge in [-0.25, -0.2) is 14.4 Å². The van der Waals surface area contributed by atoms with Crippen LogP contribution in [-0.4, -0.2) is 71.1 Å². The zero-order valence-electron chi connectivity index (χ0n) is 23.4. The van der Waals surface area contributed by atoms with E-state index in [-0.39, 0.29) is 39.7 Å². The molecule has 0 aliphatic carbocycles. The van der Waals surface area contributed by atoms with Crippen molar-refractivity contribution in [2.45, 2.75) is 26.6 Å². The maximum Gasteiger partial charge on any atom is 0.345 e. The first kappa shape index (κ1) is 30.5. The van der Waals surface area contributed by atoms with E-state index in [4.69, 9.17) is 23.7 Å². The van der Waals surface area contributed by atoms with Crippen molar-refractivity contribution in [1.82, 2.24) is 0 Å². The van der Waals surface area contributed by atoms with Gasteiger partial charge in [-0.15, -0.1) is 0 Å². The summed E-state index contributed by atoms with van der Waals surface area (Å²) >= 11 is 0. The van der Waals surface area contributed by atoms with Gasteiger partial charge in [-0.05, 0) is 31.0 Å². The highest BCUT2D eigenvalue weighted by Gasteiger charge is 2.42. The van der Waals surface area contributed by atoms with E-state index in [0.717, 1.165) is 33.5 Å². The van der Waals surface area contributed by atoms with Crippen LogP contribution in [0, 0.1) is 13.8 Å². The number of esters is 3. The third-order valence-electron chi connectivity index (χ3n) is 7.02. The summed E-state index contributed by atoms with van der Waals surface area (Å²) in [5, 5.41) is 54.0. The molecule has 1 unspecified atom stereocenters. The average molecular weight is 599 g/mol. The zero-order valence-corrected chi connectivity index (χ0v) is 23.4. The molecule has 0 amide bonds. The SMILES string of the molecule is COC(=O)c1c(O)cc(O)c(Cc2c(O)c(Oc3c(C=O)c(O)cc(C)c3C(=O)OC)c3c(c2O)C(=O)OC3OC)c1C. The van der Waals surface area contributed by atoms with Crippen molar-refractivity contribution in [3.63, 3.8) is 0 Å². The van der Waals surface area contributed by atoms with E-state index in [9.17, 15) is 44.7 Å². The lowest BCUT2D eigenvalue weighted by Gasteiger charge is -2.21. The second kappa shape index (κ2) is 11.4. The number of aryl methyl sites for hydroxylation is 1. The van der Waals surface area contributed by atoms with E-state index >= 15 is 0 Å². The fourth-order valence-corrected chi connectivity index (χ4v) is 4.90. The minimum atomic E-state index is -1.53. The lowest BCUT2D eigenvalue weighted by atomic mass is 9.91. The van der Waals surface area contributed by atoms with Gasteiger partial charge in [0.05, 0.1) is 25.3 Å². The minimum Gasteiger partial charge on any atom is -0.508 e. The molecule has 1 heterocycles. The molecule has 0 radical (unpaired) electrons. The Morgan fingerprint density at radius 2 is 1.49 bits per heavy atom. The van der Waals surface area contributed by atoms with Crippen molar-refractivity contribution in [1.29, 1.82) is 0 Å². The zero-order chi connectivity index (χ0) is 31.9. The van der Waals surface area contributed by atoms with Crippen LogP contribution in [0.1, 0.15) is 75.5 Å². The Kier molecular flexibility index (Phi) is 8.08. The number of ether oxygens (including phenoxy) is 5. The molecule has 14 nitrogen and oxygen atoms in total. The van der Waals surface area contributed by atoms with Gasteiger partial charge in [-0.2, -0.15) is 0 Å². The fourth-order valence-electron chi connectivity index (χ4n) is 4.90. The Labute approximate surface area is 243 Å². The highest BCUT2D eigenvalue weighted by atomic mass is 16.7. The molecular weight excluding hydrogens is 572 g/mol. The molecule has 0 bridgehead atoms. The minimum absolute atomic E-state index is 0.0169. The molecule has 5 N–H and O–H groups in total. The van der Waals surface area contributed by atoms with E-state index in [1.165, 1.54) is 13.8 Å². The summed E-state index contributed by atoms with van der Waals surface area (Å²) in [6.45, 7) is 2.78. The number of phenolic OH excluding ortho intramolecular Hbond substituents is 5. The van der Waals surface area contributed by atoms with Crippen molar-refractivity contribution in [2.24, 2.45) is 0 Å². The quantitative estimate of drug-likeness (QED) is 0.143. The van der Waals surface area contributed by atoms with Crippen LogP contribution in [0.4, 0.5) is 0 Å². The summed E-state index contributed by atoms with van der Waals surface area (Å²) in [7, 11) is 3.29. The average Bonchev–Trinajstić information content (AvgIpc) is 3.30. The molecule has 226 valence electrons. The molecule has 3 aromatic rings.